The van der Waals surface area contributed by atoms with Crippen molar-refractivity contribution in [2.45, 2.75) is 6.10 Å². The van der Waals surface area contributed by atoms with E-state index in [0.717, 1.165) is 5.56 Å². The Morgan fingerprint density at radius 2 is 2.36 bits per heavy atom. The molecular weight excluding hydrogens is 184 g/mol. The van der Waals surface area contributed by atoms with E-state index < -0.39 is 4.92 Å². The molecule has 0 aliphatic carbocycles. The van der Waals surface area contributed by atoms with Gasteiger partial charge in [-0.15, -0.1) is 0 Å². The van der Waals surface area contributed by atoms with Crippen LogP contribution in [0.2, 0.25) is 0 Å². The molecule has 0 saturated carbocycles. The average Bonchev–Trinajstić information content (AvgIpc) is 3.00. The summed E-state index contributed by atoms with van der Waals surface area (Å²) in [6.07, 6.45) is 0.0166. The van der Waals surface area contributed by atoms with Crippen LogP contribution in [-0.2, 0) is 4.74 Å². The van der Waals surface area contributed by atoms with Gasteiger partial charge in [-0.05, 0) is 17.7 Å². The third kappa shape index (κ3) is 1.43. The van der Waals surface area contributed by atoms with Gasteiger partial charge in [0.2, 0.25) is 0 Å². The molecule has 1 saturated heterocycles. The van der Waals surface area contributed by atoms with Crippen LogP contribution in [0.4, 0.5) is 5.69 Å². The first-order chi connectivity index (χ1) is 6.72. The van der Waals surface area contributed by atoms with Crippen molar-refractivity contribution in [3.8, 4) is 6.07 Å². The van der Waals surface area contributed by atoms with E-state index in [0.29, 0.717) is 6.61 Å². The molecule has 0 radical (unpaired) electrons. The highest BCUT2D eigenvalue weighted by atomic mass is 16.6. The molecule has 1 aromatic rings. The van der Waals surface area contributed by atoms with Crippen molar-refractivity contribution in [2.75, 3.05) is 6.61 Å². The molecule has 0 aromatic heterocycles. The average molecular weight is 190 g/mol. The quantitative estimate of drug-likeness (QED) is 0.402. The fourth-order valence-electron chi connectivity index (χ4n) is 1.24. The van der Waals surface area contributed by atoms with E-state index in [9.17, 15) is 10.1 Å². The number of nitro benzene ring substituents is 1. The lowest BCUT2D eigenvalue weighted by Crippen LogP contribution is -1.93. The largest absolute Gasteiger partial charge is 0.368 e. The molecule has 0 bridgehead atoms. The van der Waals surface area contributed by atoms with E-state index in [-0.39, 0.29) is 17.4 Å². The summed E-state index contributed by atoms with van der Waals surface area (Å²) in [5.74, 6) is 0. The van der Waals surface area contributed by atoms with Crippen LogP contribution >= 0.6 is 0 Å². The zero-order valence-electron chi connectivity index (χ0n) is 7.14. The number of epoxide rings is 1. The van der Waals surface area contributed by atoms with Crippen molar-refractivity contribution in [3.63, 3.8) is 0 Å². The first-order valence-electron chi connectivity index (χ1n) is 4.02. The molecule has 5 heteroatoms. The molecule has 1 heterocycles. The molecule has 1 fully saturated rings. The summed E-state index contributed by atoms with van der Waals surface area (Å²) in [6.45, 7) is 0.628. The van der Waals surface area contributed by atoms with Crippen molar-refractivity contribution in [3.05, 3.63) is 39.4 Å². The summed E-state index contributed by atoms with van der Waals surface area (Å²) >= 11 is 0. The molecule has 14 heavy (non-hydrogen) atoms. The van der Waals surface area contributed by atoms with Crippen molar-refractivity contribution >= 4 is 5.69 Å². The third-order valence-corrected chi connectivity index (χ3v) is 2.04. The fraction of sp³-hybridized carbons (Fsp3) is 0.222. The maximum atomic E-state index is 10.5. The van der Waals surface area contributed by atoms with Crippen LogP contribution < -0.4 is 0 Å². The summed E-state index contributed by atoms with van der Waals surface area (Å²) in [4.78, 5) is 9.94. The van der Waals surface area contributed by atoms with E-state index in [4.69, 9.17) is 10.00 Å². The number of hydrogen-bond acceptors (Lipinski definition) is 4. The molecule has 1 aromatic carbocycles. The smallest absolute Gasteiger partial charge is 0.287 e. The number of nitriles is 1. The van der Waals surface area contributed by atoms with Crippen LogP contribution in [0.15, 0.2) is 18.2 Å². The Morgan fingerprint density at radius 3 is 2.86 bits per heavy atom. The van der Waals surface area contributed by atoms with E-state index in [1.165, 1.54) is 12.1 Å². The number of rotatable bonds is 2. The zero-order valence-corrected chi connectivity index (χ0v) is 7.14. The van der Waals surface area contributed by atoms with Gasteiger partial charge >= 0.3 is 0 Å². The van der Waals surface area contributed by atoms with Crippen molar-refractivity contribution in [2.24, 2.45) is 0 Å². The predicted octanol–water partition coefficient (Wildman–Crippen LogP) is 1.54. The Morgan fingerprint density at radius 1 is 1.64 bits per heavy atom. The predicted molar refractivity (Wildman–Crippen MR) is 46.5 cm³/mol. The van der Waals surface area contributed by atoms with Crippen LogP contribution in [0.5, 0.6) is 0 Å². The summed E-state index contributed by atoms with van der Waals surface area (Å²) in [6, 6.07) is 6.28. The highest BCUT2D eigenvalue weighted by molar-refractivity contribution is 5.51. The molecule has 1 aliphatic heterocycles. The van der Waals surface area contributed by atoms with E-state index in [1.807, 2.05) is 0 Å². The van der Waals surface area contributed by atoms with Gasteiger partial charge in [-0.25, -0.2) is 0 Å². The van der Waals surface area contributed by atoms with E-state index >= 15 is 0 Å². The maximum absolute atomic E-state index is 10.5. The van der Waals surface area contributed by atoms with Crippen molar-refractivity contribution < 1.29 is 9.66 Å². The molecule has 1 aliphatic rings. The van der Waals surface area contributed by atoms with Gasteiger partial charge in [0, 0.05) is 6.07 Å². The van der Waals surface area contributed by atoms with Gasteiger partial charge < -0.3 is 4.74 Å². The number of nitro groups is 1. The molecule has 0 spiro atoms. The topological polar surface area (TPSA) is 79.5 Å². The van der Waals surface area contributed by atoms with Crippen LogP contribution in [0.25, 0.3) is 0 Å². The second-order valence-electron chi connectivity index (χ2n) is 2.97. The molecule has 1 unspecified atom stereocenters. The first-order valence-corrected chi connectivity index (χ1v) is 4.02. The Hall–Kier alpha value is -1.93. The third-order valence-electron chi connectivity index (χ3n) is 2.04. The molecule has 1 atom stereocenters. The molecule has 0 amide bonds. The second kappa shape index (κ2) is 3.09. The van der Waals surface area contributed by atoms with Gasteiger partial charge in [0.05, 0.1) is 11.5 Å². The lowest BCUT2D eigenvalue weighted by atomic mass is 10.1. The standard InChI is InChI=1S/C9H6N2O3/c10-4-7-3-6(9-5-14-9)1-2-8(7)11(12)13/h1-3,9H,5H2. The minimum absolute atomic E-state index is 0.0166. The Labute approximate surface area is 79.7 Å². The van der Waals surface area contributed by atoms with Crippen LogP contribution in [0.1, 0.15) is 17.2 Å². The van der Waals surface area contributed by atoms with Crippen LogP contribution in [0, 0.1) is 21.4 Å². The van der Waals surface area contributed by atoms with Crippen LogP contribution in [-0.4, -0.2) is 11.5 Å². The SMILES string of the molecule is N#Cc1cc(C2CO2)ccc1[N+](=O)[O-]. The number of benzene rings is 1. The van der Waals surface area contributed by atoms with Gasteiger partial charge in [-0.2, -0.15) is 5.26 Å². The summed E-state index contributed by atoms with van der Waals surface area (Å²) < 4.78 is 5.02. The molecule has 5 nitrogen and oxygen atoms in total. The Bertz CT molecular complexity index is 432. The van der Waals surface area contributed by atoms with Gasteiger partial charge in [0.15, 0.2) is 0 Å². The molecule has 70 valence electrons. The number of ether oxygens (including phenoxy) is 1. The zero-order chi connectivity index (χ0) is 10.1. The van der Waals surface area contributed by atoms with Gasteiger partial charge in [-0.3, -0.25) is 10.1 Å². The molecular formula is C9H6N2O3. The summed E-state index contributed by atoms with van der Waals surface area (Å²) in [5.41, 5.74) is 0.757. The first kappa shape index (κ1) is 8.66. The summed E-state index contributed by atoms with van der Waals surface area (Å²) in [7, 11) is 0. The number of hydrogen-bond donors (Lipinski definition) is 0. The van der Waals surface area contributed by atoms with Crippen molar-refractivity contribution in [1.29, 1.82) is 5.26 Å². The van der Waals surface area contributed by atoms with E-state index in [2.05, 4.69) is 0 Å². The summed E-state index contributed by atoms with van der Waals surface area (Å²) in [5, 5.41) is 19.2. The minimum atomic E-state index is -0.559. The molecule has 2 rings (SSSR count). The fourth-order valence-corrected chi connectivity index (χ4v) is 1.24. The van der Waals surface area contributed by atoms with E-state index in [1.54, 1.807) is 12.1 Å². The van der Waals surface area contributed by atoms with Crippen molar-refractivity contribution in [1.82, 2.24) is 0 Å². The minimum Gasteiger partial charge on any atom is -0.368 e. The highest BCUT2D eigenvalue weighted by Gasteiger charge is 2.26. The van der Waals surface area contributed by atoms with Gasteiger partial charge in [0.25, 0.3) is 5.69 Å². The Balaban J connectivity index is 2.45. The highest BCUT2D eigenvalue weighted by Crippen LogP contribution is 2.32. The lowest BCUT2D eigenvalue weighted by Gasteiger charge is -1.97. The number of nitrogens with zero attached hydrogens (tertiary/aromatic N) is 2. The maximum Gasteiger partial charge on any atom is 0.287 e. The Kier molecular flexibility index (Phi) is 1.91. The van der Waals surface area contributed by atoms with Gasteiger partial charge in [0.1, 0.15) is 17.7 Å². The second-order valence-corrected chi connectivity index (χ2v) is 2.97. The van der Waals surface area contributed by atoms with Gasteiger partial charge in [-0.1, -0.05) is 0 Å². The monoisotopic (exact) mass is 190 g/mol. The molecule has 0 N–H and O–H groups in total. The van der Waals surface area contributed by atoms with Crippen LogP contribution in [0.3, 0.4) is 0 Å². The normalized spacial score (nSPS) is 18.6. The lowest BCUT2D eigenvalue weighted by molar-refractivity contribution is -0.385.